The molecule has 0 radical (unpaired) electrons. The van der Waals surface area contributed by atoms with E-state index in [0.717, 1.165) is 31.4 Å². The topological polar surface area (TPSA) is 38.3 Å². The summed E-state index contributed by atoms with van der Waals surface area (Å²) in [6.07, 6.45) is 4.38. The Kier molecular flexibility index (Phi) is 4.91. The van der Waals surface area contributed by atoms with Gasteiger partial charge < -0.3 is 10.1 Å². The molecule has 1 aliphatic rings. The third kappa shape index (κ3) is 4.03. The Bertz CT molecular complexity index is 442. The number of carbonyl (C=O) groups excluding carboxylic acids is 1. The lowest BCUT2D eigenvalue weighted by atomic mass is 10.1. The minimum absolute atomic E-state index is 0.115. The number of ether oxygens (including phenoxy) is 1. The van der Waals surface area contributed by atoms with E-state index in [9.17, 15) is 9.18 Å². The highest BCUT2D eigenvalue weighted by Gasteiger charge is 2.15. The Morgan fingerprint density at radius 2 is 2.32 bits per heavy atom. The average molecular weight is 265 g/mol. The van der Waals surface area contributed by atoms with Crippen molar-refractivity contribution < 1.29 is 13.9 Å². The van der Waals surface area contributed by atoms with Crippen LogP contribution in [0.1, 0.15) is 41.6 Å². The molecule has 3 nitrogen and oxygen atoms in total. The van der Waals surface area contributed by atoms with E-state index in [4.69, 9.17) is 4.74 Å². The van der Waals surface area contributed by atoms with Gasteiger partial charge in [-0.15, -0.1) is 0 Å². The van der Waals surface area contributed by atoms with Crippen LogP contribution in [0.5, 0.6) is 0 Å². The smallest absolute Gasteiger partial charge is 0.254 e. The summed E-state index contributed by atoms with van der Waals surface area (Å²) < 4.78 is 19.1. The Labute approximate surface area is 113 Å². The van der Waals surface area contributed by atoms with Crippen LogP contribution in [-0.2, 0) is 4.74 Å². The lowest BCUT2D eigenvalue weighted by Crippen LogP contribution is -2.30. The van der Waals surface area contributed by atoms with Crippen LogP contribution < -0.4 is 5.32 Å². The van der Waals surface area contributed by atoms with E-state index in [1.54, 1.807) is 12.1 Å². The highest BCUT2D eigenvalue weighted by Crippen LogP contribution is 2.15. The molecule has 1 fully saturated rings. The number of aryl methyl sites for hydroxylation is 1. The standard InChI is InChI=1S/C15H20FNO2/c1-11-5-6-14(16)13(10-11)15(18)17-8-7-12-4-2-3-9-19-12/h5-6,10,12H,2-4,7-9H2,1H3,(H,17,18). The second-order valence-electron chi connectivity index (χ2n) is 5.02. The van der Waals surface area contributed by atoms with Gasteiger partial charge in [-0.1, -0.05) is 11.6 Å². The van der Waals surface area contributed by atoms with E-state index in [2.05, 4.69) is 5.32 Å². The van der Waals surface area contributed by atoms with Crippen molar-refractivity contribution in [2.75, 3.05) is 13.2 Å². The second kappa shape index (κ2) is 6.66. The predicted octanol–water partition coefficient (Wildman–Crippen LogP) is 2.82. The second-order valence-corrected chi connectivity index (χ2v) is 5.02. The largest absolute Gasteiger partial charge is 0.378 e. The van der Waals surface area contributed by atoms with Crippen molar-refractivity contribution in [2.24, 2.45) is 0 Å². The minimum atomic E-state index is -0.475. The van der Waals surface area contributed by atoms with Gasteiger partial charge in [0.2, 0.25) is 0 Å². The fourth-order valence-electron chi connectivity index (χ4n) is 2.29. The van der Waals surface area contributed by atoms with Gasteiger partial charge in [0.15, 0.2) is 0 Å². The molecule has 1 N–H and O–H groups in total. The molecule has 1 aliphatic heterocycles. The molecule has 1 aromatic rings. The maximum Gasteiger partial charge on any atom is 0.254 e. The summed E-state index contributed by atoms with van der Waals surface area (Å²) in [5, 5.41) is 2.76. The number of benzene rings is 1. The lowest BCUT2D eigenvalue weighted by Gasteiger charge is -2.22. The number of carbonyl (C=O) groups is 1. The van der Waals surface area contributed by atoms with Crippen molar-refractivity contribution >= 4 is 5.91 Å². The first-order valence-corrected chi connectivity index (χ1v) is 6.83. The molecule has 1 heterocycles. The molecular weight excluding hydrogens is 245 g/mol. The van der Waals surface area contributed by atoms with Gasteiger partial charge >= 0.3 is 0 Å². The highest BCUT2D eigenvalue weighted by atomic mass is 19.1. The zero-order valence-electron chi connectivity index (χ0n) is 11.2. The SMILES string of the molecule is Cc1ccc(F)c(C(=O)NCCC2CCCCO2)c1. The molecule has 0 bridgehead atoms. The van der Waals surface area contributed by atoms with Crippen LogP contribution in [0.2, 0.25) is 0 Å². The number of rotatable bonds is 4. The van der Waals surface area contributed by atoms with Crippen LogP contribution in [0.15, 0.2) is 18.2 Å². The van der Waals surface area contributed by atoms with E-state index in [0.29, 0.717) is 6.54 Å². The normalized spacial score (nSPS) is 19.2. The van der Waals surface area contributed by atoms with Gasteiger partial charge in [-0.05, 0) is 44.7 Å². The van der Waals surface area contributed by atoms with Gasteiger partial charge in [0.1, 0.15) is 5.82 Å². The van der Waals surface area contributed by atoms with Gasteiger partial charge in [0.05, 0.1) is 11.7 Å². The van der Waals surface area contributed by atoms with Crippen molar-refractivity contribution in [3.05, 3.63) is 35.1 Å². The summed E-state index contributed by atoms with van der Waals surface area (Å²) in [6, 6.07) is 4.55. The first kappa shape index (κ1) is 14.0. The first-order chi connectivity index (χ1) is 9.16. The molecular formula is C15H20FNO2. The number of nitrogens with one attached hydrogen (secondary N) is 1. The van der Waals surface area contributed by atoms with E-state index in [-0.39, 0.29) is 17.6 Å². The molecule has 1 amide bonds. The summed E-state index contributed by atoms with van der Waals surface area (Å²) in [6.45, 7) is 3.17. The zero-order chi connectivity index (χ0) is 13.7. The van der Waals surface area contributed by atoms with E-state index >= 15 is 0 Å². The fraction of sp³-hybridized carbons (Fsp3) is 0.533. The molecule has 4 heteroatoms. The maximum absolute atomic E-state index is 13.5. The van der Waals surface area contributed by atoms with Crippen molar-refractivity contribution in [3.63, 3.8) is 0 Å². The predicted molar refractivity (Wildman–Crippen MR) is 71.7 cm³/mol. The third-order valence-corrected chi connectivity index (χ3v) is 3.39. The van der Waals surface area contributed by atoms with Crippen LogP contribution >= 0.6 is 0 Å². The Hall–Kier alpha value is -1.42. The third-order valence-electron chi connectivity index (χ3n) is 3.39. The van der Waals surface area contributed by atoms with Crippen molar-refractivity contribution in [2.45, 2.75) is 38.7 Å². The molecule has 1 atom stereocenters. The molecule has 19 heavy (non-hydrogen) atoms. The molecule has 0 saturated carbocycles. The van der Waals surface area contributed by atoms with Crippen molar-refractivity contribution in [1.82, 2.24) is 5.32 Å². The van der Waals surface area contributed by atoms with E-state index < -0.39 is 5.82 Å². The number of hydrogen-bond donors (Lipinski definition) is 1. The number of hydrogen-bond acceptors (Lipinski definition) is 2. The van der Waals surface area contributed by atoms with E-state index in [1.807, 2.05) is 6.92 Å². The minimum Gasteiger partial charge on any atom is -0.378 e. The van der Waals surface area contributed by atoms with Crippen LogP contribution in [0, 0.1) is 12.7 Å². The molecule has 0 aromatic heterocycles. The van der Waals surface area contributed by atoms with Gasteiger partial charge in [-0.25, -0.2) is 4.39 Å². The number of halogens is 1. The van der Waals surface area contributed by atoms with Gasteiger partial charge in [-0.3, -0.25) is 4.79 Å². The molecule has 0 aliphatic carbocycles. The van der Waals surface area contributed by atoms with E-state index in [1.165, 1.54) is 12.5 Å². The molecule has 0 spiro atoms. The van der Waals surface area contributed by atoms with Crippen LogP contribution in [0.25, 0.3) is 0 Å². The molecule has 1 aromatic carbocycles. The average Bonchev–Trinajstić information content (AvgIpc) is 2.42. The summed E-state index contributed by atoms with van der Waals surface area (Å²) >= 11 is 0. The summed E-state index contributed by atoms with van der Waals surface area (Å²) in [5.41, 5.74) is 0.992. The first-order valence-electron chi connectivity index (χ1n) is 6.83. The van der Waals surface area contributed by atoms with Crippen LogP contribution in [-0.4, -0.2) is 25.2 Å². The molecule has 1 unspecified atom stereocenters. The quantitative estimate of drug-likeness (QED) is 0.909. The van der Waals surface area contributed by atoms with Gasteiger partial charge in [-0.2, -0.15) is 0 Å². The molecule has 1 saturated heterocycles. The van der Waals surface area contributed by atoms with Gasteiger partial charge in [0, 0.05) is 13.2 Å². The summed E-state index contributed by atoms with van der Waals surface area (Å²) in [4.78, 5) is 11.9. The Morgan fingerprint density at radius 1 is 1.47 bits per heavy atom. The Balaban J connectivity index is 1.82. The van der Waals surface area contributed by atoms with Crippen LogP contribution in [0.4, 0.5) is 4.39 Å². The summed E-state index contributed by atoms with van der Waals surface area (Å²) in [5.74, 6) is -0.825. The zero-order valence-corrected chi connectivity index (χ0v) is 11.2. The molecule has 2 rings (SSSR count). The Morgan fingerprint density at radius 3 is 3.05 bits per heavy atom. The van der Waals surface area contributed by atoms with Crippen LogP contribution in [0.3, 0.4) is 0 Å². The lowest BCUT2D eigenvalue weighted by molar-refractivity contribution is 0.0117. The highest BCUT2D eigenvalue weighted by molar-refractivity contribution is 5.94. The van der Waals surface area contributed by atoms with Crippen molar-refractivity contribution in [3.8, 4) is 0 Å². The van der Waals surface area contributed by atoms with Crippen molar-refractivity contribution in [1.29, 1.82) is 0 Å². The number of amides is 1. The summed E-state index contributed by atoms with van der Waals surface area (Å²) in [7, 11) is 0. The monoisotopic (exact) mass is 265 g/mol. The fourth-order valence-corrected chi connectivity index (χ4v) is 2.29. The maximum atomic E-state index is 13.5. The van der Waals surface area contributed by atoms with Gasteiger partial charge in [0.25, 0.3) is 5.91 Å². The molecule has 104 valence electrons.